The molecular formula is C30H33N5O6S. The molecule has 11 nitrogen and oxygen atoms in total. The Morgan fingerprint density at radius 1 is 1.12 bits per heavy atom. The van der Waals surface area contributed by atoms with Crippen LogP contribution in [-0.4, -0.2) is 62.6 Å². The Hall–Kier alpha value is -4.32. The van der Waals surface area contributed by atoms with Gasteiger partial charge in [0.05, 0.1) is 19.4 Å². The highest BCUT2D eigenvalue weighted by Crippen LogP contribution is 2.32. The number of alkyl carbamates (subject to hydrolysis) is 1. The van der Waals surface area contributed by atoms with E-state index in [-0.39, 0.29) is 29.3 Å². The maximum atomic E-state index is 13.4. The largest absolute Gasteiger partial charge is 0.467 e. The normalized spacial score (nSPS) is 15.6. The Kier molecular flexibility index (Phi) is 8.53. The number of fused-ring (bicyclic) bond motifs is 3. The molecule has 2 aromatic heterocycles. The van der Waals surface area contributed by atoms with Crippen molar-refractivity contribution in [2.24, 2.45) is 0 Å². The van der Waals surface area contributed by atoms with E-state index in [1.54, 1.807) is 20.8 Å². The van der Waals surface area contributed by atoms with Gasteiger partial charge in [-0.15, -0.1) is 10.2 Å². The number of hydrogen-bond donors (Lipinski definition) is 2. The number of hydrogen-bond acceptors (Lipinski definition) is 9. The van der Waals surface area contributed by atoms with Crippen molar-refractivity contribution in [1.29, 1.82) is 0 Å². The van der Waals surface area contributed by atoms with Crippen LogP contribution in [0, 0.1) is 0 Å². The van der Waals surface area contributed by atoms with Gasteiger partial charge in [0, 0.05) is 29.4 Å². The molecule has 42 heavy (non-hydrogen) atoms. The molecule has 2 atom stereocenters. The van der Waals surface area contributed by atoms with Gasteiger partial charge in [-0.1, -0.05) is 60.3 Å². The van der Waals surface area contributed by atoms with Gasteiger partial charge in [0.1, 0.15) is 17.7 Å². The fourth-order valence-electron chi connectivity index (χ4n) is 4.94. The first-order valence-electron chi connectivity index (χ1n) is 13.6. The summed E-state index contributed by atoms with van der Waals surface area (Å²) in [6.07, 6.45) is 0.137. The first kappa shape index (κ1) is 29.2. The topological polar surface area (TPSA) is 140 Å². The van der Waals surface area contributed by atoms with Crippen LogP contribution < -0.4 is 5.32 Å². The average Bonchev–Trinajstić information content (AvgIpc) is 3.58. The fourth-order valence-corrected chi connectivity index (χ4v) is 5.60. The third-order valence-electron chi connectivity index (χ3n) is 6.81. The molecular weight excluding hydrogens is 558 g/mol. The van der Waals surface area contributed by atoms with Crippen molar-refractivity contribution in [3.63, 3.8) is 0 Å². The van der Waals surface area contributed by atoms with Gasteiger partial charge in [-0.25, -0.2) is 9.59 Å². The van der Waals surface area contributed by atoms with Crippen molar-refractivity contribution < 1.29 is 28.3 Å². The second kappa shape index (κ2) is 12.3. The van der Waals surface area contributed by atoms with E-state index in [0.29, 0.717) is 12.8 Å². The average molecular weight is 592 g/mol. The van der Waals surface area contributed by atoms with Crippen LogP contribution in [0.15, 0.2) is 64.2 Å². The highest BCUT2D eigenvalue weighted by atomic mass is 32.2. The predicted octanol–water partition coefficient (Wildman–Crippen LogP) is 4.58. The Labute approximate surface area is 247 Å². The summed E-state index contributed by atoms with van der Waals surface area (Å²) in [4.78, 5) is 43.6. The molecule has 2 unspecified atom stereocenters. The molecule has 2 N–H and O–H groups in total. The second-order valence-electron chi connectivity index (χ2n) is 11.0. The van der Waals surface area contributed by atoms with E-state index < -0.39 is 29.7 Å². The van der Waals surface area contributed by atoms with Gasteiger partial charge in [0.25, 0.3) is 5.22 Å². The molecule has 0 bridgehead atoms. The summed E-state index contributed by atoms with van der Waals surface area (Å²) in [6, 6.07) is 16.0. The number of carbonyl (C=O) groups is 3. The van der Waals surface area contributed by atoms with E-state index in [0.717, 1.165) is 39.5 Å². The predicted molar refractivity (Wildman–Crippen MR) is 156 cm³/mol. The van der Waals surface area contributed by atoms with E-state index in [1.807, 2.05) is 54.6 Å². The number of thioether (sulfide) groups is 1. The van der Waals surface area contributed by atoms with Crippen LogP contribution in [0.1, 0.15) is 49.5 Å². The van der Waals surface area contributed by atoms with Crippen LogP contribution >= 0.6 is 11.8 Å². The summed E-state index contributed by atoms with van der Waals surface area (Å²) >= 11 is 1.07. The lowest BCUT2D eigenvalue weighted by Gasteiger charge is -2.33. The number of nitrogens with zero attached hydrogens (tertiary/aromatic N) is 3. The molecule has 4 aromatic rings. The summed E-state index contributed by atoms with van der Waals surface area (Å²) in [6.45, 7) is 5.59. The molecule has 2 aromatic carbocycles. The van der Waals surface area contributed by atoms with E-state index in [2.05, 4.69) is 20.5 Å². The summed E-state index contributed by atoms with van der Waals surface area (Å²) in [5.74, 6) is -0.589. The summed E-state index contributed by atoms with van der Waals surface area (Å²) in [7, 11) is 1.32. The van der Waals surface area contributed by atoms with Crippen LogP contribution in [0.5, 0.6) is 0 Å². The number of ether oxygens (including phenoxy) is 2. The number of rotatable bonds is 8. The highest BCUT2D eigenvalue weighted by Gasteiger charge is 2.37. The Bertz CT molecular complexity index is 1580. The quantitative estimate of drug-likeness (QED) is 0.223. The maximum absolute atomic E-state index is 13.4. The lowest BCUT2D eigenvalue weighted by Crippen LogP contribution is -2.49. The van der Waals surface area contributed by atoms with Crippen LogP contribution in [0.3, 0.4) is 0 Å². The van der Waals surface area contributed by atoms with Crippen LogP contribution in [0.2, 0.25) is 0 Å². The molecule has 1 aliphatic rings. The Morgan fingerprint density at radius 2 is 1.86 bits per heavy atom. The molecule has 0 saturated carbocycles. The number of para-hydroxylation sites is 1. The number of esters is 1. The van der Waals surface area contributed by atoms with Crippen molar-refractivity contribution in [2.75, 3.05) is 12.9 Å². The molecule has 220 valence electrons. The third-order valence-corrected chi connectivity index (χ3v) is 7.61. The van der Waals surface area contributed by atoms with Crippen molar-refractivity contribution >= 4 is 40.6 Å². The van der Waals surface area contributed by atoms with Crippen molar-refractivity contribution in [3.05, 3.63) is 77.3 Å². The fraction of sp³-hybridized carbons (Fsp3) is 0.367. The monoisotopic (exact) mass is 591 g/mol. The first-order chi connectivity index (χ1) is 20.1. The van der Waals surface area contributed by atoms with E-state index in [4.69, 9.17) is 13.9 Å². The zero-order valence-electron chi connectivity index (χ0n) is 23.9. The number of benzene rings is 2. The number of carbonyl (C=O) groups excluding carboxylic acids is 3. The lowest BCUT2D eigenvalue weighted by atomic mass is 9.96. The molecule has 0 radical (unpaired) electrons. The number of H-pyrrole nitrogens is 1. The van der Waals surface area contributed by atoms with Gasteiger partial charge < -0.3 is 29.1 Å². The van der Waals surface area contributed by atoms with Crippen molar-refractivity contribution in [1.82, 2.24) is 25.4 Å². The molecule has 0 saturated heterocycles. The standard InChI is InChI=1S/C30H33N5O6S/c1-30(2,3)41-28(38)32-22(14-18-10-6-5-7-11-18)26-33-34-29(40-26)42-17-25(36)35-16-23-20(15-24(35)27(37)39-4)19-12-8-9-13-21(19)31-23/h5-13,22,24,31H,14-17H2,1-4H3,(H,32,38). The van der Waals surface area contributed by atoms with E-state index >= 15 is 0 Å². The molecule has 3 heterocycles. The number of methoxy groups -OCH3 is 1. The first-order valence-corrected chi connectivity index (χ1v) is 14.5. The third kappa shape index (κ3) is 6.76. The molecule has 2 amide bonds. The van der Waals surface area contributed by atoms with Gasteiger partial charge >= 0.3 is 12.1 Å². The minimum absolute atomic E-state index is 0.0342. The van der Waals surface area contributed by atoms with Crippen molar-refractivity contribution in [2.45, 2.75) is 63.1 Å². The van der Waals surface area contributed by atoms with Crippen molar-refractivity contribution in [3.8, 4) is 0 Å². The van der Waals surface area contributed by atoms with E-state index in [1.165, 1.54) is 12.0 Å². The molecule has 0 fully saturated rings. The highest BCUT2D eigenvalue weighted by molar-refractivity contribution is 7.99. The number of aromatic amines is 1. The van der Waals surface area contributed by atoms with Gasteiger partial charge in [-0.3, -0.25) is 4.79 Å². The van der Waals surface area contributed by atoms with Gasteiger partial charge in [0.2, 0.25) is 11.8 Å². The lowest BCUT2D eigenvalue weighted by molar-refractivity contribution is -0.153. The summed E-state index contributed by atoms with van der Waals surface area (Å²) < 4.78 is 16.3. The zero-order chi connectivity index (χ0) is 29.9. The minimum Gasteiger partial charge on any atom is -0.467 e. The van der Waals surface area contributed by atoms with Gasteiger partial charge in [-0.05, 0) is 38.0 Å². The molecule has 5 rings (SSSR count). The van der Waals surface area contributed by atoms with Crippen LogP contribution in [-0.2, 0) is 38.4 Å². The molecule has 0 aliphatic carbocycles. The summed E-state index contributed by atoms with van der Waals surface area (Å²) in [5.41, 5.74) is 3.14. The Balaban J connectivity index is 1.29. The van der Waals surface area contributed by atoms with E-state index in [9.17, 15) is 14.4 Å². The number of aromatic nitrogens is 3. The number of amides is 2. The van der Waals surface area contributed by atoms with Crippen LogP contribution in [0.4, 0.5) is 4.79 Å². The van der Waals surface area contributed by atoms with Crippen LogP contribution in [0.25, 0.3) is 10.9 Å². The second-order valence-corrected chi connectivity index (χ2v) is 11.9. The molecule has 12 heteroatoms. The minimum atomic E-state index is -0.749. The maximum Gasteiger partial charge on any atom is 0.408 e. The van der Waals surface area contributed by atoms with Gasteiger partial charge in [0.15, 0.2) is 0 Å². The summed E-state index contributed by atoms with van der Waals surface area (Å²) in [5, 5.41) is 12.3. The SMILES string of the molecule is COC(=O)C1Cc2c([nH]c3ccccc23)CN1C(=O)CSc1nnc(C(Cc2ccccc2)NC(=O)OC(C)(C)C)o1. The Morgan fingerprint density at radius 3 is 2.60 bits per heavy atom. The smallest absolute Gasteiger partial charge is 0.408 e. The molecule has 1 aliphatic heterocycles. The number of nitrogens with one attached hydrogen (secondary N) is 2. The van der Waals surface area contributed by atoms with Gasteiger partial charge in [-0.2, -0.15) is 0 Å². The zero-order valence-corrected chi connectivity index (χ0v) is 24.7. The molecule has 0 spiro atoms.